The van der Waals surface area contributed by atoms with Crippen LogP contribution in [0.3, 0.4) is 0 Å². The van der Waals surface area contributed by atoms with Crippen molar-refractivity contribution in [3.8, 4) is 11.1 Å². The highest BCUT2D eigenvalue weighted by Gasteiger charge is 2.23. The average molecular weight is 439 g/mol. The minimum atomic E-state index is -0.863. The van der Waals surface area contributed by atoms with Gasteiger partial charge < -0.3 is 5.11 Å². The van der Waals surface area contributed by atoms with Gasteiger partial charge in [-0.2, -0.15) is 0 Å². The van der Waals surface area contributed by atoms with Crippen molar-refractivity contribution in [2.45, 2.75) is 30.0 Å². The van der Waals surface area contributed by atoms with E-state index in [1.54, 1.807) is 12.1 Å². The maximum absolute atomic E-state index is 13.3. The van der Waals surface area contributed by atoms with Gasteiger partial charge in [-0.05, 0) is 43.0 Å². The molecule has 2 aromatic heterocycles. The van der Waals surface area contributed by atoms with E-state index in [4.69, 9.17) is 0 Å². The van der Waals surface area contributed by atoms with Gasteiger partial charge in [0.05, 0.1) is 5.39 Å². The third-order valence-electron chi connectivity index (χ3n) is 4.84. The fraction of sp³-hybridized carbons (Fsp3) is 0.174. The van der Waals surface area contributed by atoms with Crippen molar-refractivity contribution in [2.24, 2.45) is 0 Å². The minimum absolute atomic E-state index is 0.300. The van der Waals surface area contributed by atoms with Crippen molar-refractivity contribution in [2.75, 3.05) is 0 Å². The lowest BCUT2D eigenvalue weighted by atomic mass is 10.1. The van der Waals surface area contributed by atoms with Crippen LogP contribution in [0.2, 0.25) is 0 Å². The molecule has 2 aromatic carbocycles. The predicted octanol–water partition coefficient (Wildman–Crippen LogP) is 5.98. The Morgan fingerprint density at radius 2 is 1.87 bits per heavy atom. The molecule has 4 rings (SSSR count). The number of benzene rings is 2. The summed E-state index contributed by atoms with van der Waals surface area (Å²) in [7, 11) is 0. The van der Waals surface area contributed by atoms with Gasteiger partial charge in [-0.1, -0.05) is 53.7 Å². The van der Waals surface area contributed by atoms with E-state index in [2.05, 4.69) is 9.97 Å². The molecule has 0 spiro atoms. The van der Waals surface area contributed by atoms with Crippen LogP contribution in [-0.2, 0) is 11.2 Å². The third kappa shape index (κ3) is 4.52. The second-order valence-electron chi connectivity index (χ2n) is 6.98. The van der Waals surface area contributed by atoms with Gasteiger partial charge in [-0.25, -0.2) is 14.4 Å². The topological polar surface area (TPSA) is 63.1 Å². The quantitative estimate of drug-likeness (QED) is 0.284. The molecule has 1 N–H and O–H groups in total. The first-order valence-corrected chi connectivity index (χ1v) is 11.2. The molecular formula is C23H19FN2O2S2. The molecule has 0 fully saturated rings. The van der Waals surface area contributed by atoms with Crippen LogP contribution in [0, 0.1) is 12.7 Å². The van der Waals surface area contributed by atoms with Crippen LogP contribution in [0.5, 0.6) is 0 Å². The molecule has 4 aromatic rings. The first-order valence-electron chi connectivity index (χ1n) is 9.44. The molecule has 30 heavy (non-hydrogen) atoms. The Labute approximate surface area is 181 Å². The van der Waals surface area contributed by atoms with Gasteiger partial charge in [-0.15, -0.1) is 11.3 Å². The van der Waals surface area contributed by atoms with Crippen LogP contribution >= 0.6 is 23.1 Å². The average Bonchev–Trinajstić information content (AvgIpc) is 3.17. The van der Waals surface area contributed by atoms with E-state index in [0.29, 0.717) is 17.9 Å². The summed E-state index contributed by atoms with van der Waals surface area (Å²) in [6, 6.07) is 14.4. The first-order chi connectivity index (χ1) is 14.5. The zero-order valence-corrected chi connectivity index (χ0v) is 17.8. The minimum Gasteiger partial charge on any atom is -0.480 e. The van der Waals surface area contributed by atoms with E-state index < -0.39 is 11.2 Å². The number of aromatic nitrogens is 2. The maximum atomic E-state index is 13.3. The summed E-state index contributed by atoms with van der Waals surface area (Å²) in [5.74, 6) is -1.16. The number of nitrogens with zero attached hydrogens (tertiary/aromatic N) is 2. The highest BCUT2D eigenvalue weighted by molar-refractivity contribution is 8.00. The van der Waals surface area contributed by atoms with Crippen LogP contribution in [0.15, 0.2) is 65.3 Å². The molecule has 0 aliphatic heterocycles. The van der Waals surface area contributed by atoms with Gasteiger partial charge in [-0.3, -0.25) is 4.79 Å². The summed E-state index contributed by atoms with van der Waals surface area (Å²) in [5, 5.41) is 12.6. The van der Waals surface area contributed by atoms with Gasteiger partial charge in [0.1, 0.15) is 27.3 Å². The fourth-order valence-electron chi connectivity index (χ4n) is 3.20. The van der Waals surface area contributed by atoms with E-state index in [1.807, 2.05) is 36.6 Å². The number of thiophene rings is 1. The number of hydrogen-bond acceptors (Lipinski definition) is 5. The van der Waals surface area contributed by atoms with Gasteiger partial charge >= 0.3 is 5.97 Å². The van der Waals surface area contributed by atoms with Crippen LogP contribution in [0.4, 0.5) is 4.39 Å². The van der Waals surface area contributed by atoms with Gasteiger partial charge in [0.25, 0.3) is 0 Å². The Bertz CT molecular complexity index is 1170. The van der Waals surface area contributed by atoms with Crippen molar-refractivity contribution in [3.63, 3.8) is 0 Å². The number of fused-ring (bicyclic) bond motifs is 1. The number of thioether (sulfide) groups is 1. The Morgan fingerprint density at radius 1 is 1.13 bits per heavy atom. The number of aryl methyl sites for hydroxylation is 2. The fourth-order valence-corrected chi connectivity index (χ4v) is 5.22. The maximum Gasteiger partial charge on any atom is 0.317 e. The first kappa shape index (κ1) is 20.5. The molecule has 0 amide bonds. The molecule has 0 saturated heterocycles. The number of rotatable bonds is 7. The number of carbonyl (C=O) groups is 1. The third-order valence-corrected chi connectivity index (χ3v) is 6.98. The monoisotopic (exact) mass is 438 g/mol. The summed E-state index contributed by atoms with van der Waals surface area (Å²) >= 11 is 2.72. The van der Waals surface area contributed by atoms with Crippen molar-refractivity contribution in [1.82, 2.24) is 9.97 Å². The van der Waals surface area contributed by atoms with E-state index in [1.165, 1.54) is 47.1 Å². The summed E-state index contributed by atoms with van der Waals surface area (Å²) in [6.07, 6.45) is 2.63. The molecule has 152 valence electrons. The highest BCUT2D eigenvalue weighted by Crippen LogP contribution is 2.39. The van der Waals surface area contributed by atoms with Crippen molar-refractivity contribution < 1.29 is 14.3 Å². The van der Waals surface area contributed by atoms with Gasteiger partial charge in [0, 0.05) is 10.9 Å². The summed E-state index contributed by atoms with van der Waals surface area (Å²) in [6.45, 7) is 2.03. The number of carboxylic acid groups (broad SMARTS) is 1. The van der Waals surface area contributed by atoms with Crippen molar-refractivity contribution in [3.05, 3.63) is 77.2 Å². The molecule has 0 radical (unpaired) electrons. The molecular weight excluding hydrogens is 419 g/mol. The lowest BCUT2D eigenvalue weighted by Gasteiger charge is -2.13. The largest absolute Gasteiger partial charge is 0.480 e. The summed E-state index contributed by atoms with van der Waals surface area (Å²) in [4.78, 5) is 21.5. The predicted molar refractivity (Wildman–Crippen MR) is 120 cm³/mol. The van der Waals surface area contributed by atoms with Crippen LogP contribution in [-0.4, -0.2) is 26.3 Å². The number of hydrogen-bond donors (Lipinski definition) is 1. The molecule has 1 unspecified atom stereocenters. The summed E-state index contributed by atoms with van der Waals surface area (Å²) < 4.78 is 13.3. The molecule has 1 atom stereocenters. The van der Waals surface area contributed by atoms with Gasteiger partial charge in [0.15, 0.2) is 0 Å². The normalized spacial score (nSPS) is 12.2. The molecule has 0 saturated carbocycles. The Kier molecular flexibility index (Phi) is 6.11. The number of halogens is 1. The Balaban J connectivity index is 1.62. The Hall–Kier alpha value is -2.77. The molecule has 2 heterocycles. The zero-order valence-electron chi connectivity index (χ0n) is 16.2. The smallest absolute Gasteiger partial charge is 0.317 e. The lowest BCUT2D eigenvalue weighted by Crippen LogP contribution is -2.17. The molecule has 0 aliphatic carbocycles. The highest BCUT2D eigenvalue weighted by atomic mass is 32.2. The molecule has 4 nitrogen and oxygen atoms in total. The number of aliphatic carboxylic acids is 1. The SMILES string of the molecule is Cc1ccc(CCC(Sc2ncnc3scc(-c4ccc(F)cc4)c23)C(=O)O)cc1. The van der Waals surface area contributed by atoms with Crippen LogP contribution < -0.4 is 0 Å². The molecule has 7 heteroatoms. The van der Waals surface area contributed by atoms with E-state index >= 15 is 0 Å². The van der Waals surface area contributed by atoms with E-state index in [-0.39, 0.29) is 5.82 Å². The second kappa shape index (κ2) is 8.93. The molecule has 0 bridgehead atoms. The van der Waals surface area contributed by atoms with Crippen molar-refractivity contribution >= 4 is 39.3 Å². The van der Waals surface area contributed by atoms with E-state index in [0.717, 1.165) is 26.9 Å². The van der Waals surface area contributed by atoms with Gasteiger partial charge in [0.2, 0.25) is 0 Å². The second-order valence-corrected chi connectivity index (χ2v) is 9.03. The van der Waals surface area contributed by atoms with Crippen LogP contribution in [0.1, 0.15) is 17.5 Å². The zero-order chi connectivity index (χ0) is 21.1. The molecule has 0 aliphatic rings. The standard InChI is InChI=1S/C23H19FN2O2S2/c1-14-2-4-15(5-3-14)6-11-19(23(27)28)30-22-20-18(12-29-21(20)25-13-26-22)16-7-9-17(24)10-8-16/h2-5,7-10,12-13,19H,6,11H2,1H3,(H,27,28). The Morgan fingerprint density at radius 3 is 2.57 bits per heavy atom. The van der Waals surface area contributed by atoms with E-state index in [9.17, 15) is 14.3 Å². The number of carboxylic acids is 1. The van der Waals surface area contributed by atoms with Crippen molar-refractivity contribution in [1.29, 1.82) is 0 Å². The van der Waals surface area contributed by atoms with Crippen LogP contribution in [0.25, 0.3) is 21.3 Å². The summed E-state index contributed by atoms with van der Waals surface area (Å²) in [5.41, 5.74) is 4.03. The lowest BCUT2D eigenvalue weighted by molar-refractivity contribution is -0.136.